The molecule has 42 heavy (non-hydrogen) atoms. The van der Waals surface area contributed by atoms with Gasteiger partial charge in [0.1, 0.15) is 17.2 Å². The van der Waals surface area contributed by atoms with E-state index in [1.165, 1.54) is 6.42 Å². The van der Waals surface area contributed by atoms with Gasteiger partial charge in [-0.05, 0) is 81.7 Å². The first-order chi connectivity index (χ1) is 19.6. The lowest BCUT2D eigenvalue weighted by Crippen LogP contribution is -2.36. The summed E-state index contributed by atoms with van der Waals surface area (Å²) < 4.78 is 6.01. The van der Waals surface area contributed by atoms with Crippen molar-refractivity contribution >= 4 is 36.1 Å². The molecule has 0 spiro atoms. The Bertz CT molecular complexity index is 1340. The summed E-state index contributed by atoms with van der Waals surface area (Å²) in [6.07, 6.45) is 4.55. The number of phenolic OH excluding ortho intramolecular Hbond substituents is 1. The first kappa shape index (κ1) is 34.7. The highest BCUT2D eigenvalue weighted by molar-refractivity contribution is 6.32. The number of nitrogens with one attached hydrogen (secondary N) is 1. The number of amides is 1. The van der Waals surface area contributed by atoms with Crippen LogP contribution < -0.4 is 10.1 Å². The standard InChI is InChI=1S/C30H36ClN3O3.CH2O3.ClH/c1-20-23(11-7-12-27(20)35)24-14-16-26(30(36)32-22-9-5-4-6-10-22)33-29(24)21-13-15-25(31)28(19-21)37-18-8-17-34(2)3;2-1(3)4;/h7,11-16,19,22,35H,4-6,8-10,17-18H2,1-3H3,(H,32,36);(H2,2,3,4);1H. The van der Waals surface area contributed by atoms with E-state index in [1.54, 1.807) is 18.2 Å². The number of carboxylic acid groups (broad SMARTS) is 2. The molecule has 0 radical (unpaired) electrons. The third-order valence-corrected chi connectivity index (χ3v) is 7.19. The topological polar surface area (TPSA) is 132 Å². The van der Waals surface area contributed by atoms with Crippen LogP contribution in [0.1, 0.15) is 54.6 Å². The number of carbonyl (C=O) groups excluding carboxylic acids is 1. The molecule has 1 aliphatic rings. The van der Waals surface area contributed by atoms with Crippen LogP contribution in [0.2, 0.25) is 5.02 Å². The summed E-state index contributed by atoms with van der Waals surface area (Å²) in [6.45, 7) is 3.33. The minimum Gasteiger partial charge on any atom is -0.508 e. The molecule has 11 heteroatoms. The largest absolute Gasteiger partial charge is 0.508 e. The minimum atomic E-state index is -1.83. The summed E-state index contributed by atoms with van der Waals surface area (Å²) in [5, 5.41) is 28.0. The molecule has 0 aliphatic heterocycles. The highest BCUT2D eigenvalue weighted by Gasteiger charge is 2.21. The van der Waals surface area contributed by atoms with E-state index >= 15 is 0 Å². The number of aromatic hydroxyl groups is 1. The molecule has 0 unspecified atom stereocenters. The normalized spacial score (nSPS) is 13.0. The molecule has 3 aromatic rings. The smallest absolute Gasteiger partial charge is 0.503 e. The molecule has 0 atom stereocenters. The van der Waals surface area contributed by atoms with Crippen molar-refractivity contribution < 1.29 is 29.6 Å². The predicted octanol–water partition coefficient (Wildman–Crippen LogP) is 7.12. The van der Waals surface area contributed by atoms with Gasteiger partial charge < -0.3 is 30.3 Å². The van der Waals surface area contributed by atoms with E-state index in [0.29, 0.717) is 28.8 Å². The summed E-state index contributed by atoms with van der Waals surface area (Å²) >= 11 is 6.47. The van der Waals surface area contributed by atoms with Gasteiger partial charge in [0.2, 0.25) is 0 Å². The van der Waals surface area contributed by atoms with Gasteiger partial charge in [0.15, 0.2) is 0 Å². The predicted molar refractivity (Wildman–Crippen MR) is 167 cm³/mol. The van der Waals surface area contributed by atoms with Gasteiger partial charge in [0, 0.05) is 23.7 Å². The lowest BCUT2D eigenvalue weighted by Gasteiger charge is -2.23. The number of hydrogen-bond acceptors (Lipinski definition) is 6. The van der Waals surface area contributed by atoms with Crippen LogP contribution in [0.5, 0.6) is 11.5 Å². The van der Waals surface area contributed by atoms with Crippen LogP contribution in [-0.2, 0) is 0 Å². The number of aromatic nitrogens is 1. The van der Waals surface area contributed by atoms with E-state index in [1.807, 2.05) is 51.4 Å². The first-order valence-corrected chi connectivity index (χ1v) is 14.0. The van der Waals surface area contributed by atoms with Crippen molar-refractivity contribution in [1.29, 1.82) is 0 Å². The van der Waals surface area contributed by atoms with Crippen molar-refractivity contribution in [3.05, 3.63) is 64.8 Å². The number of pyridine rings is 1. The summed E-state index contributed by atoms with van der Waals surface area (Å²) in [6, 6.07) is 14.9. The Hall–Kier alpha value is -3.53. The van der Waals surface area contributed by atoms with Crippen LogP contribution >= 0.6 is 24.0 Å². The number of halogens is 2. The Morgan fingerprint density at radius 3 is 2.40 bits per heavy atom. The molecule has 228 valence electrons. The molecule has 1 heterocycles. The van der Waals surface area contributed by atoms with Gasteiger partial charge in [0.05, 0.1) is 17.3 Å². The monoisotopic (exact) mass is 619 g/mol. The van der Waals surface area contributed by atoms with E-state index < -0.39 is 6.16 Å². The SMILES string of the molecule is Cc1c(O)cccc1-c1ccc(C(=O)NC2CCCCC2)nc1-c1ccc(Cl)c(OCCCN(C)C)c1.Cl.O=C(O)O. The molecule has 0 saturated heterocycles. The third kappa shape index (κ3) is 10.1. The Kier molecular flexibility index (Phi) is 13.9. The minimum absolute atomic E-state index is 0. The highest BCUT2D eigenvalue weighted by atomic mass is 35.5. The molecule has 1 aromatic heterocycles. The zero-order valence-electron chi connectivity index (χ0n) is 24.1. The van der Waals surface area contributed by atoms with Gasteiger partial charge in [-0.2, -0.15) is 0 Å². The van der Waals surface area contributed by atoms with E-state index in [-0.39, 0.29) is 30.1 Å². The fourth-order valence-electron chi connectivity index (χ4n) is 4.77. The molecule has 1 saturated carbocycles. The Balaban J connectivity index is 0.00000116. The lowest BCUT2D eigenvalue weighted by atomic mass is 9.94. The molecule has 9 nitrogen and oxygen atoms in total. The zero-order valence-corrected chi connectivity index (χ0v) is 25.7. The van der Waals surface area contributed by atoms with Crippen LogP contribution in [0.4, 0.5) is 4.79 Å². The average molecular weight is 621 g/mol. The summed E-state index contributed by atoms with van der Waals surface area (Å²) in [5.74, 6) is 0.625. The summed E-state index contributed by atoms with van der Waals surface area (Å²) in [7, 11) is 4.06. The molecule has 4 rings (SSSR count). The Labute approximate surface area is 257 Å². The molecule has 1 amide bonds. The second kappa shape index (κ2) is 16.8. The molecule has 4 N–H and O–H groups in total. The molecule has 1 fully saturated rings. The van der Waals surface area contributed by atoms with Crippen molar-refractivity contribution in [1.82, 2.24) is 15.2 Å². The van der Waals surface area contributed by atoms with Gasteiger partial charge in [-0.15, -0.1) is 12.4 Å². The Morgan fingerprint density at radius 2 is 1.74 bits per heavy atom. The van der Waals surface area contributed by atoms with Crippen LogP contribution in [0.25, 0.3) is 22.4 Å². The second-order valence-corrected chi connectivity index (χ2v) is 10.7. The van der Waals surface area contributed by atoms with Crippen molar-refractivity contribution in [2.24, 2.45) is 0 Å². The van der Waals surface area contributed by atoms with Crippen molar-refractivity contribution in [2.45, 2.75) is 51.5 Å². The second-order valence-electron chi connectivity index (χ2n) is 10.3. The van der Waals surface area contributed by atoms with E-state index in [2.05, 4.69) is 10.2 Å². The Morgan fingerprint density at radius 1 is 1.05 bits per heavy atom. The number of rotatable bonds is 9. The fourth-order valence-corrected chi connectivity index (χ4v) is 4.94. The van der Waals surface area contributed by atoms with Crippen molar-refractivity contribution in [2.75, 3.05) is 27.2 Å². The van der Waals surface area contributed by atoms with Crippen LogP contribution in [0.3, 0.4) is 0 Å². The van der Waals surface area contributed by atoms with Gasteiger partial charge in [-0.1, -0.05) is 49.1 Å². The number of hydrogen-bond donors (Lipinski definition) is 4. The number of phenols is 1. The molecule has 1 aliphatic carbocycles. The number of carbonyl (C=O) groups is 2. The van der Waals surface area contributed by atoms with Crippen LogP contribution in [0, 0.1) is 6.92 Å². The van der Waals surface area contributed by atoms with E-state index in [9.17, 15) is 9.90 Å². The van der Waals surface area contributed by atoms with E-state index in [4.69, 9.17) is 36.3 Å². The number of ether oxygens (including phenoxy) is 1. The van der Waals surface area contributed by atoms with E-state index in [0.717, 1.165) is 60.9 Å². The first-order valence-electron chi connectivity index (χ1n) is 13.7. The summed E-state index contributed by atoms with van der Waals surface area (Å²) in [4.78, 5) is 28.7. The van der Waals surface area contributed by atoms with Gasteiger partial charge in [0.25, 0.3) is 5.91 Å². The van der Waals surface area contributed by atoms with Gasteiger partial charge in [-0.25, -0.2) is 9.78 Å². The quantitative estimate of drug-likeness (QED) is 0.186. The molecule has 2 aromatic carbocycles. The molecular weight excluding hydrogens is 581 g/mol. The number of benzene rings is 2. The van der Waals surface area contributed by atoms with Crippen molar-refractivity contribution in [3.8, 4) is 33.9 Å². The van der Waals surface area contributed by atoms with Crippen molar-refractivity contribution in [3.63, 3.8) is 0 Å². The highest BCUT2D eigenvalue weighted by Crippen LogP contribution is 2.38. The maximum absolute atomic E-state index is 13.2. The third-order valence-electron chi connectivity index (χ3n) is 6.88. The average Bonchev–Trinajstić information content (AvgIpc) is 2.93. The molecular formula is C31H39Cl2N3O6. The van der Waals surface area contributed by atoms with Crippen LogP contribution in [-0.4, -0.2) is 70.6 Å². The maximum Gasteiger partial charge on any atom is 0.503 e. The fraction of sp³-hybridized carbons (Fsp3) is 0.387. The maximum atomic E-state index is 13.2. The lowest BCUT2D eigenvalue weighted by molar-refractivity contribution is 0.0922. The number of nitrogens with zero attached hydrogens (tertiary/aromatic N) is 2. The zero-order chi connectivity index (χ0) is 29.9. The van der Waals surface area contributed by atoms with Gasteiger partial charge in [-0.3, -0.25) is 4.79 Å². The molecule has 0 bridgehead atoms. The van der Waals surface area contributed by atoms with Gasteiger partial charge >= 0.3 is 6.16 Å². The summed E-state index contributed by atoms with van der Waals surface area (Å²) in [5.41, 5.74) is 4.22. The van der Waals surface area contributed by atoms with Crippen LogP contribution in [0.15, 0.2) is 48.5 Å².